The van der Waals surface area contributed by atoms with Gasteiger partial charge in [0.25, 0.3) is 0 Å². The number of halogens is 1. The molecule has 5 nitrogen and oxygen atoms in total. The van der Waals surface area contributed by atoms with Gasteiger partial charge in [0.05, 0.1) is 7.11 Å². The Kier molecular flexibility index (Phi) is 5.19. The molecule has 0 atom stereocenters. The third-order valence-corrected chi connectivity index (χ3v) is 2.84. The third kappa shape index (κ3) is 3.88. The van der Waals surface area contributed by atoms with Gasteiger partial charge in [-0.3, -0.25) is 0 Å². The van der Waals surface area contributed by atoms with Gasteiger partial charge in [0.1, 0.15) is 30.3 Å². The molecule has 0 radical (unpaired) electrons. The fourth-order valence-corrected chi connectivity index (χ4v) is 1.74. The van der Waals surface area contributed by atoms with Crippen molar-refractivity contribution in [3.63, 3.8) is 0 Å². The first-order chi connectivity index (χ1) is 10.6. The molecule has 0 aromatic heterocycles. The summed E-state index contributed by atoms with van der Waals surface area (Å²) in [5.41, 5.74) is 0.0201. The lowest BCUT2D eigenvalue weighted by Gasteiger charge is -2.09. The van der Waals surface area contributed by atoms with Gasteiger partial charge >= 0.3 is 5.97 Å². The van der Waals surface area contributed by atoms with Crippen LogP contribution < -0.4 is 9.47 Å². The van der Waals surface area contributed by atoms with Crippen molar-refractivity contribution < 1.29 is 28.5 Å². The number of benzene rings is 2. The van der Waals surface area contributed by atoms with Crippen LogP contribution in [0.5, 0.6) is 17.2 Å². The minimum Gasteiger partial charge on any atom is -0.507 e. The number of phenolic OH excluding ortho intramolecular Hbond substituents is 1. The molecule has 0 amide bonds. The van der Waals surface area contributed by atoms with Crippen LogP contribution in [0.1, 0.15) is 10.4 Å². The number of ether oxygens (including phenoxy) is 3. The zero-order valence-corrected chi connectivity index (χ0v) is 11.9. The van der Waals surface area contributed by atoms with Gasteiger partial charge in [-0.05, 0) is 24.3 Å². The van der Waals surface area contributed by atoms with E-state index in [0.29, 0.717) is 5.75 Å². The van der Waals surface area contributed by atoms with E-state index >= 15 is 0 Å². The molecule has 2 aromatic carbocycles. The summed E-state index contributed by atoms with van der Waals surface area (Å²) < 4.78 is 28.3. The van der Waals surface area contributed by atoms with Crippen LogP contribution in [-0.2, 0) is 4.74 Å². The molecular weight excluding hydrogens is 291 g/mol. The highest BCUT2D eigenvalue weighted by atomic mass is 19.1. The largest absolute Gasteiger partial charge is 0.507 e. The van der Waals surface area contributed by atoms with Gasteiger partial charge in [-0.1, -0.05) is 12.1 Å². The average molecular weight is 306 g/mol. The third-order valence-electron chi connectivity index (χ3n) is 2.84. The second kappa shape index (κ2) is 7.31. The van der Waals surface area contributed by atoms with E-state index in [1.807, 2.05) is 0 Å². The van der Waals surface area contributed by atoms with E-state index in [1.54, 1.807) is 12.1 Å². The number of carbonyl (C=O) groups is 1. The Morgan fingerprint density at radius 1 is 1.18 bits per heavy atom. The van der Waals surface area contributed by atoms with Crippen LogP contribution >= 0.6 is 0 Å². The highest BCUT2D eigenvalue weighted by Gasteiger charge is 2.13. The van der Waals surface area contributed by atoms with Crippen LogP contribution in [0.4, 0.5) is 4.39 Å². The van der Waals surface area contributed by atoms with Crippen molar-refractivity contribution in [1.29, 1.82) is 0 Å². The van der Waals surface area contributed by atoms with Crippen LogP contribution in [-0.4, -0.2) is 31.4 Å². The molecule has 22 heavy (non-hydrogen) atoms. The molecular formula is C16H15FO5. The summed E-state index contributed by atoms with van der Waals surface area (Å²) in [5.74, 6) is -0.902. The van der Waals surface area contributed by atoms with Crippen molar-refractivity contribution in [3.8, 4) is 17.2 Å². The highest BCUT2D eigenvalue weighted by Crippen LogP contribution is 2.24. The van der Waals surface area contributed by atoms with Crippen molar-refractivity contribution in [2.24, 2.45) is 0 Å². The van der Waals surface area contributed by atoms with E-state index in [4.69, 9.17) is 14.2 Å². The maximum absolute atomic E-state index is 13.3. The minimum atomic E-state index is -0.697. The standard InChI is InChI=1S/C16H15FO5/c1-20-11-6-7-12(14(18)10-11)16(19)22-9-8-21-15-5-3-2-4-13(15)17/h2-7,10,18H,8-9H2,1H3. The van der Waals surface area contributed by atoms with Crippen molar-refractivity contribution in [2.75, 3.05) is 20.3 Å². The first kappa shape index (κ1) is 15.6. The molecule has 1 N–H and O–H groups in total. The average Bonchev–Trinajstić information content (AvgIpc) is 2.52. The van der Waals surface area contributed by atoms with Crippen molar-refractivity contribution in [1.82, 2.24) is 0 Å². The second-order valence-corrected chi connectivity index (χ2v) is 4.30. The lowest BCUT2D eigenvalue weighted by molar-refractivity contribution is 0.0445. The summed E-state index contributed by atoms with van der Waals surface area (Å²) in [7, 11) is 1.45. The number of methoxy groups -OCH3 is 1. The Balaban J connectivity index is 1.84. The van der Waals surface area contributed by atoms with Crippen LogP contribution in [0, 0.1) is 5.82 Å². The molecule has 0 aliphatic rings. The van der Waals surface area contributed by atoms with Crippen LogP contribution in [0.3, 0.4) is 0 Å². The Labute approximate surface area is 126 Å². The number of phenols is 1. The molecule has 0 saturated heterocycles. The van der Waals surface area contributed by atoms with Crippen molar-refractivity contribution in [3.05, 3.63) is 53.8 Å². The van der Waals surface area contributed by atoms with Crippen LogP contribution in [0.2, 0.25) is 0 Å². The lowest BCUT2D eigenvalue weighted by atomic mass is 10.2. The Bertz CT molecular complexity index is 657. The number of rotatable bonds is 6. The molecule has 0 spiro atoms. The number of esters is 1. The van der Waals surface area contributed by atoms with E-state index in [0.717, 1.165) is 0 Å². The second-order valence-electron chi connectivity index (χ2n) is 4.30. The quantitative estimate of drug-likeness (QED) is 0.656. The van der Waals surface area contributed by atoms with E-state index in [2.05, 4.69) is 0 Å². The van der Waals surface area contributed by atoms with E-state index in [1.165, 1.54) is 37.4 Å². The van der Waals surface area contributed by atoms with Crippen LogP contribution in [0.25, 0.3) is 0 Å². The zero-order chi connectivity index (χ0) is 15.9. The van der Waals surface area contributed by atoms with Gasteiger partial charge in [-0.25, -0.2) is 9.18 Å². The summed E-state index contributed by atoms with van der Waals surface area (Å²) in [6, 6.07) is 10.2. The molecule has 2 rings (SSSR count). The number of carbonyl (C=O) groups excluding carboxylic acids is 1. The molecule has 0 fully saturated rings. The van der Waals surface area contributed by atoms with Gasteiger partial charge < -0.3 is 19.3 Å². The van der Waals surface area contributed by atoms with Gasteiger partial charge in [0.2, 0.25) is 0 Å². The fourth-order valence-electron chi connectivity index (χ4n) is 1.74. The maximum atomic E-state index is 13.3. The molecule has 0 heterocycles. The first-order valence-corrected chi connectivity index (χ1v) is 6.53. The monoisotopic (exact) mass is 306 g/mol. The SMILES string of the molecule is COc1ccc(C(=O)OCCOc2ccccc2F)c(O)c1. The first-order valence-electron chi connectivity index (χ1n) is 6.53. The molecule has 0 aliphatic heterocycles. The predicted molar refractivity (Wildman–Crippen MR) is 76.8 cm³/mol. The number of hydrogen-bond acceptors (Lipinski definition) is 5. The number of hydrogen-bond donors (Lipinski definition) is 1. The summed E-state index contributed by atoms with van der Waals surface area (Å²) in [4.78, 5) is 11.8. The van der Waals surface area contributed by atoms with Crippen molar-refractivity contribution in [2.45, 2.75) is 0 Å². The van der Waals surface area contributed by atoms with E-state index in [-0.39, 0.29) is 30.3 Å². The smallest absolute Gasteiger partial charge is 0.342 e. The predicted octanol–water partition coefficient (Wildman–Crippen LogP) is 2.78. The summed E-state index contributed by atoms with van der Waals surface area (Å²) in [6.45, 7) is -0.0672. The molecule has 0 unspecified atom stereocenters. The topological polar surface area (TPSA) is 65.0 Å². The Morgan fingerprint density at radius 3 is 2.64 bits per heavy atom. The molecule has 0 aliphatic carbocycles. The summed E-state index contributed by atoms with van der Waals surface area (Å²) in [5, 5.41) is 9.70. The molecule has 0 bridgehead atoms. The highest BCUT2D eigenvalue weighted by molar-refractivity contribution is 5.92. The molecule has 2 aromatic rings. The summed E-state index contributed by atoms with van der Waals surface area (Å²) in [6.07, 6.45) is 0. The maximum Gasteiger partial charge on any atom is 0.342 e. The molecule has 116 valence electrons. The normalized spacial score (nSPS) is 10.1. The van der Waals surface area contributed by atoms with E-state index in [9.17, 15) is 14.3 Å². The fraction of sp³-hybridized carbons (Fsp3) is 0.188. The van der Waals surface area contributed by atoms with E-state index < -0.39 is 11.8 Å². The Hall–Kier alpha value is -2.76. The summed E-state index contributed by atoms with van der Waals surface area (Å²) >= 11 is 0. The van der Waals surface area contributed by atoms with Gasteiger partial charge in [-0.2, -0.15) is 0 Å². The molecule has 0 saturated carbocycles. The number of aromatic hydroxyl groups is 1. The van der Waals surface area contributed by atoms with Crippen molar-refractivity contribution >= 4 is 5.97 Å². The van der Waals surface area contributed by atoms with Gasteiger partial charge in [-0.15, -0.1) is 0 Å². The van der Waals surface area contributed by atoms with Gasteiger partial charge in [0, 0.05) is 6.07 Å². The number of para-hydroxylation sites is 1. The lowest BCUT2D eigenvalue weighted by Crippen LogP contribution is -2.13. The minimum absolute atomic E-state index is 0.00356. The van der Waals surface area contributed by atoms with Crippen LogP contribution in [0.15, 0.2) is 42.5 Å². The Morgan fingerprint density at radius 2 is 1.95 bits per heavy atom. The van der Waals surface area contributed by atoms with Gasteiger partial charge in [0.15, 0.2) is 11.6 Å². The molecule has 6 heteroatoms. The zero-order valence-electron chi connectivity index (χ0n) is 11.9.